The summed E-state index contributed by atoms with van der Waals surface area (Å²) >= 11 is 0. The molecule has 5 fully saturated rings. The molecule has 9 atom stereocenters. The second-order valence-electron chi connectivity index (χ2n) is 11.0. The first kappa shape index (κ1) is 18.6. The van der Waals surface area contributed by atoms with Gasteiger partial charge in [0.25, 0.3) is 0 Å². The highest BCUT2D eigenvalue weighted by molar-refractivity contribution is 5.97. The van der Waals surface area contributed by atoms with Gasteiger partial charge in [0, 0.05) is 18.8 Å². The third-order valence-electron chi connectivity index (χ3n) is 9.81. The molecule has 2 saturated heterocycles. The summed E-state index contributed by atoms with van der Waals surface area (Å²) in [6.07, 6.45) is 9.75. The van der Waals surface area contributed by atoms with Crippen LogP contribution in [0.1, 0.15) is 65.7 Å². The first-order valence-corrected chi connectivity index (χ1v) is 11.5. The summed E-state index contributed by atoms with van der Waals surface area (Å²) in [4.78, 5) is 24.5. The van der Waals surface area contributed by atoms with Crippen LogP contribution in [0.3, 0.4) is 0 Å². The van der Waals surface area contributed by atoms with Gasteiger partial charge in [-0.2, -0.15) is 0 Å². The molecule has 29 heavy (non-hydrogen) atoms. The summed E-state index contributed by atoms with van der Waals surface area (Å²) in [7, 11) is 0. The minimum absolute atomic E-state index is 0.0431. The van der Waals surface area contributed by atoms with Crippen LogP contribution in [0.4, 0.5) is 0 Å². The summed E-state index contributed by atoms with van der Waals surface area (Å²) in [5.74, 6) is 1.92. The third kappa shape index (κ3) is 2.29. The van der Waals surface area contributed by atoms with E-state index in [1.807, 2.05) is 0 Å². The summed E-state index contributed by atoms with van der Waals surface area (Å²) in [5.41, 5.74) is 1.13. The minimum atomic E-state index is -0.554. The van der Waals surface area contributed by atoms with E-state index in [1.165, 1.54) is 18.9 Å². The molecule has 5 nitrogen and oxygen atoms in total. The fraction of sp³-hybridized carbons (Fsp3) is 0.833. The van der Waals surface area contributed by atoms with Crippen LogP contribution in [-0.2, 0) is 23.8 Å². The third-order valence-corrected chi connectivity index (χ3v) is 9.81. The SMILES string of the molecule is CC(=O)O[C@H]1CC[C@@]2(C)C(=CC[C@H]3[C@H]2CC[C@@]2(C)[C@@H]3C[C@@H]3O[C@@]32C(=O)[C@H]2CO2)C1. The van der Waals surface area contributed by atoms with Gasteiger partial charge >= 0.3 is 5.97 Å². The summed E-state index contributed by atoms with van der Waals surface area (Å²) in [6.45, 7) is 6.88. The lowest BCUT2D eigenvalue weighted by atomic mass is 9.47. The van der Waals surface area contributed by atoms with Crippen molar-refractivity contribution >= 4 is 11.8 Å². The van der Waals surface area contributed by atoms with Crippen molar-refractivity contribution in [2.45, 2.75) is 89.6 Å². The number of ketones is 1. The average Bonchev–Trinajstić information content (AvgIpc) is 3.58. The largest absolute Gasteiger partial charge is 0.462 e. The molecule has 0 N–H and O–H groups in total. The monoisotopic (exact) mass is 400 g/mol. The Hall–Kier alpha value is -1.20. The van der Waals surface area contributed by atoms with Crippen LogP contribution in [0, 0.1) is 28.6 Å². The molecule has 2 heterocycles. The normalized spacial score (nSPS) is 54.2. The molecule has 0 aromatic rings. The van der Waals surface area contributed by atoms with Gasteiger partial charge in [-0.1, -0.05) is 25.5 Å². The van der Waals surface area contributed by atoms with Crippen LogP contribution in [0.25, 0.3) is 0 Å². The molecule has 6 rings (SSSR count). The maximum Gasteiger partial charge on any atom is 0.302 e. The van der Waals surface area contributed by atoms with Crippen LogP contribution in [-0.4, -0.2) is 42.3 Å². The molecule has 2 aliphatic heterocycles. The molecule has 3 saturated carbocycles. The molecule has 0 spiro atoms. The smallest absolute Gasteiger partial charge is 0.302 e. The van der Waals surface area contributed by atoms with Crippen molar-refractivity contribution in [2.24, 2.45) is 28.6 Å². The van der Waals surface area contributed by atoms with Crippen molar-refractivity contribution in [1.29, 1.82) is 0 Å². The van der Waals surface area contributed by atoms with Gasteiger partial charge < -0.3 is 14.2 Å². The van der Waals surface area contributed by atoms with Gasteiger partial charge in [-0.15, -0.1) is 0 Å². The van der Waals surface area contributed by atoms with Crippen LogP contribution >= 0.6 is 0 Å². The lowest BCUT2D eigenvalue weighted by Crippen LogP contribution is -2.55. The van der Waals surface area contributed by atoms with Crippen LogP contribution in [0.5, 0.6) is 0 Å². The van der Waals surface area contributed by atoms with Crippen LogP contribution in [0.15, 0.2) is 11.6 Å². The van der Waals surface area contributed by atoms with Gasteiger partial charge in [0.1, 0.15) is 12.2 Å². The highest BCUT2D eigenvalue weighted by Gasteiger charge is 2.81. The zero-order valence-corrected chi connectivity index (χ0v) is 17.7. The zero-order valence-electron chi connectivity index (χ0n) is 17.7. The molecule has 0 aromatic heterocycles. The Kier molecular flexibility index (Phi) is 3.67. The molecule has 0 amide bonds. The number of epoxide rings is 2. The van der Waals surface area contributed by atoms with E-state index < -0.39 is 5.60 Å². The van der Waals surface area contributed by atoms with E-state index in [9.17, 15) is 9.59 Å². The van der Waals surface area contributed by atoms with E-state index in [0.717, 1.165) is 38.5 Å². The predicted molar refractivity (Wildman–Crippen MR) is 105 cm³/mol. The Morgan fingerprint density at radius 3 is 2.69 bits per heavy atom. The summed E-state index contributed by atoms with van der Waals surface area (Å²) < 4.78 is 17.0. The number of ether oxygens (including phenoxy) is 3. The Morgan fingerprint density at radius 1 is 1.17 bits per heavy atom. The Bertz CT molecular complexity index is 814. The number of carbonyl (C=O) groups excluding carboxylic acids is 2. The minimum Gasteiger partial charge on any atom is -0.462 e. The van der Waals surface area contributed by atoms with E-state index in [-0.39, 0.29) is 40.9 Å². The Balaban J connectivity index is 1.28. The highest BCUT2D eigenvalue weighted by atomic mass is 16.6. The Labute approximate surface area is 172 Å². The standard InChI is InChI=1S/C24H32O5/c1-13(25)28-15-6-8-22(2)14(10-15)4-5-16-17(22)7-9-23(3)18(16)11-20-24(23,29-20)21(26)19-12-27-19/h4,15-20H,5-12H2,1-3H3/t15-,16-,17+,18+,19+,20-,22-,23-,24+/m0/s1. The molecule has 6 aliphatic rings. The maximum atomic E-state index is 13.1. The molecular weight excluding hydrogens is 368 g/mol. The van der Waals surface area contributed by atoms with Gasteiger partial charge in [0.05, 0.1) is 12.7 Å². The van der Waals surface area contributed by atoms with E-state index >= 15 is 0 Å². The van der Waals surface area contributed by atoms with Crippen LogP contribution in [0.2, 0.25) is 0 Å². The molecular formula is C24H32O5. The molecule has 5 heteroatoms. The number of rotatable bonds is 3. The van der Waals surface area contributed by atoms with Gasteiger partial charge in [-0.05, 0) is 61.7 Å². The van der Waals surface area contributed by atoms with E-state index in [0.29, 0.717) is 24.4 Å². The lowest BCUT2D eigenvalue weighted by molar-refractivity contribution is -0.149. The van der Waals surface area contributed by atoms with Gasteiger partial charge in [0.2, 0.25) is 0 Å². The van der Waals surface area contributed by atoms with Gasteiger partial charge in [0.15, 0.2) is 11.4 Å². The molecule has 0 aromatic carbocycles. The molecule has 0 radical (unpaired) electrons. The number of esters is 1. The average molecular weight is 401 g/mol. The molecule has 0 bridgehead atoms. The van der Waals surface area contributed by atoms with Crippen molar-refractivity contribution in [3.63, 3.8) is 0 Å². The van der Waals surface area contributed by atoms with E-state index in [2.05, 4.69) is 19.9 Å². The fourth-order valence-corrected chi connectivity index (χ4v) is 8.25. The number of carbonyl (C=O) groups is 2. The molecule has 4 aliphatic carbocycles. The topological polar surface area (TPSA) is 68.4 Å². The predicted octanol–water partition coefficient (Wildman–Crippen LogP) is 3.60. The second-order valence-corrected chi connectivity index (χ2v) is 11.0. The van der Waals surface area contributed by atoms with Crippen LogP contribution < -0.4 is 0 Å². The maximum absolute atomic E-state index is 13.1. The summed E-state index contributed by atoms with van der Waals surface area (Å²) in [6, 6.07) is 0. The van der Waals surface area contributed by atoms with E-state index in [1.54, 1.807) is 0 Å². The van der Waals surface area contributed by atoms with Crippen molar-refractivity contribution in [2.75, 3.05) is 6.61 Å². The second kappa shape index (κ2) is 5.73. The van der Waals surface area contributed by atoms with Crippen molar-refractivity contribution < 1.29 is 23.8 Å². The number of allylic oxidation sites excluding steroid dienone is 1. The number of fused-ring (bicyclic) bond motifs is 7. The van der Waals surface area contributed by atoms with Crippen molar-refractivity contribution in [3.8, 4) is 0 Å². The quantitative estimate of drug-likeness (QED) is 0.411. The number of hydrogen-bond donors (Lipinski definition) is 0. The van der Waals surface area contributed by atoms with E-state index in [4.69, 9.17) is 14.2 Å². The summed E-state index contributed by atoms with van der Waals surface area (Å²) in [5, 5.41) is 0. The Morgan fingerprint density at radius 2 is 1.97 bits per heavy atom. The fourth-order valence-electron chi connectivity index (χ4n) is 8.25. The molecule has 158 valence electrons. The van der Waals surface area contributed by atoms with Gasteiger partial charge in [-0.25, -0.2) is 0 Å². The van der Waals surface area contributed by atoms with Crippen molar-refractivity contribution in [3.05, 3.63) is 11.6 Å². The van der Waals surface area contributed by atoms with Gasteiger partial charge in [-0.3, -0.25) is 9.59 Å². The number of Topliss-reactive ketones (excluding diaryl/α,β-unsaturated/α-hetero) is 1. The zero-order chi connectivity index (χ0) is 20.2. The van der Waals surface area contributed by atoms with Crippen molar-refractivity contribution in [1.82, 2.24) is 0 Å². The first-order chi connectivity index (χ1) is 13.8. The highest BCUT2D eigenvalue weighted by Crippen LogP contribution is 2.73. The first-order valence-electron chi connectivity index (χ1n) is 11.5. The lowest BCUT2D eigenvalue weighted by Gasteiger charge is -2.58. The molecule has 0 unspecified atom stereocenters. The number of hydrogen-bond acceptors (Lipinski definition) is 5.